The molecule has 0 aromatic carbocycles. The van der Waals surface area contributed by atoms with Gasteiger partial charge >= 0.3 is 5.97 Å². The Morgan fingerprint density at radius 1 is 1.32 bits per heavy atom. The lowest BCUT2D eigenvalue weighted by Crippen LogP contribution is -2.54. The third-order valence-electron chi connectivity index (χ3n) is 3.79. The Morgan fingerprint density at radius 3 is 2.58 bits per heavy atom. The molecule has 2 aliphatic rings. The van der Waals surface area contributed by atoms with E-state index in [0.717, 1.165) is 6.42 Å². The smallest absolute Gasteiger partial charge is 0.332 e. The van der Waals surface area contributed by atoms with Gasteiger partial charge in [0.15, 0.2) is 6.10 Å². The quantitative estimate of drug-likeness (QED) is 0.815. The van der Waals surface area contributed by atoms with E-state index in [-0.39, 0.29) is 18.1 Å². The number of ether oxygens (including phenoxy) is 2. The lowest BCUT2D eigenvalue weighted by molar-refractivity contribution is -0.161. The van der Waals surface area contributed by atoms with Gasteiger partial charge in [0.1, 0.15) is 6.10 Å². The number of carbonyl (C=O) groups excluding carboxylic acids is 1. The molecule has 2 aliphatic heterocycles. The molecule has 0 saturated carbocycles. The van der Waals surface area contributed by atoms with Crippen LogP contribution in [0.25, 0.3) is 0 Å². The zero-order chi connectivity index (χ0) is 14.0. The molecule has 2 fully saturated rings. The van der Waals surface area contributed by atoms with Gasteiger partial charge in [0, 0.05) is 6.54 Å². The molecule has 2 rings (SSSR count). The summed E-state index contributed by atoms with van der Waals surface area (Å²) in [6.07, 6.45) is 0.282. The number of aliphatic carboxylic acids is 1. The van der Waals surface area contributed by atoms with Crippen molar-refractivity contribution in [1.82, 2.24) is 4.90 Å². The lowest BCUT2D eigenvalue weighted by Gasteiger charge is -2.39. The van der Waals surface area contributed by atoms with Gasteiger partial charge in [0.05, 0.1) is 18.8 Å². The topological polar surface area (TPSA) is 76.1 Å². The summed E-state index contributed by atoms with van der Waals surface area (Å²) in [7, 11) is 0. The summed E-state index contributed by atoms with van der Waals surface area (Å²) in [6.45, 7) is 5.04. The molecule has 2 unspecified atom stereocenters. The fourth-order valence-corrected chi connectivity index (χ4v) is 2.64. The molecule has 0 bridgehead atoms. The average molecular weight is 271 g/mol. The van der Waals surface area contributed by atoms with Crippen LogP contribution in [-0.4, -0.2) is 59.4 Å². The minimum absolute atomic E-state index is 0.0171. The molecule has 108 valence electrons. The molecule has 4 atom stereocenters. The van der Waals surface area contributed by atoms with Gasteiger partial charge in [-0.2, -0.15) is 0 Å². The van der Waals surface area contributed by atoms with Crippen LogP contribution in [0.2, 0.25) is 0 Å². The minimum Gasteiger partial charge on any atom is -0.479 e. The number of nitrogens with zero attached hydrogens (tertiary/aromatic N) is 1. The van der Waals surface area contributed by atoms with Crippen molar-refractivity contribution in [3.05, 3.63) is 0 Å². The SMILES string of the molecule is CCC1COC(C)CN1C(=O)[C@@H]1CC[C@H](C(=O)O)O1. The molecular formula is C13H21NO5. The number of carboxylic acids is 1. The maximum Gasteiger partial charge on any atom is 0.332 e. The normalized spacial score (nSPS) is 35.4. The Bertz CT molecular complexity index is 359. The molecule has 2 saturated heterocycles. The van der Waals surface area contributed by atoms with Crippen LogP contribution >= 0.6 is 0 Å². The van der Waals surface area contributed by atoms with Crippen molar-refractivity contribution in [2.24, 2.45) is 0 Å². The summed E-state index contributed by atoms with van der Waals surface area (Å²) in [5.74, 6) is -1.08. The fraction of sp³-hybridized carbons (Fsp3) is 0.846. The van der Waals surface area contributed by atoms with Gasteiger partial charge in [-0.3, -0.25) is 4.79 Å². The minimum atomic E-state index is -0.988. The van der Waals surface area contributed by atoms with Gasteiger partial charge in [-0.25, -0.2) is 4.79 Å². The lowest BCUT2D eigenvalue weighted by atomic mass is 10.1. The summed E-state index contributed by atoms with van der Waals surface area (Å²) in [5, 5.41) is 8.89. The van der Waals surface area contributed by atoms with Crippen molar-refractivity contribution in [1.29, 1.82) is 0 Å². The molecule has 6 heteroatoms. The van der Waals surface area contributed by atoms with Crippen LogP contribution < -0.4 is 0 Å². The van der Waals surface area contributed by atoms with E-state index in [2.05, 4.69) is 0 Å². The maximum absolute atomic E-state index is 12.4. The van der Waals surface area contributed by atoms with Crippen molar-refractivity contribution < 1.29 is 24.2 Å². The number of rotatable bonds is 3. The second kappa shape index (κ2) is 5.88. The average Bonchev–Trinajstić information content (AvgIpc) is 2.87. The van der Waals surface area contributed by atoms with E-state index in [0.29, 0.717) is 26.0 Å². The number of hydrogen-bond donors (Lipinski definition) is 1. The van der Waals surface area contributed by atoms with Gasteiger partial charge in [-0.15, -0.1) is 0 Å². The molecule has 0 aromatic rings. The van der Waals surface area contributed by atoms with E-state index in [1.807, 2.05) is 13.8 Å². The van der Waals surface area contributed by atoms with Gasteiger partial charge in [-0.05, 0) is 26.2 Å². The van der Waals surface area contributed by atoms with Crippen LogP contribution in [0.15, 0.2) is 0 Å². The van der Waals surface area contributed by atoms with E-state index < -0.39 is 18.2 Å². The number of amides is 1. The summed E-state index contributed by atoms with van der Waals surface area (Å²) >= 11 is 0. The fourth-order valence-electron chi connectivity index (χ4n) is 2.64. The largest absolute Gasteiger partial charge is 0.479 e. The molecule has 6 nitrogen and oxygen atoms in total. The van der Waals surface area contributed by atoms with Gasteiger partial charge in [0.25, 0.3) is 5.91 Å². The summed E-state index contributed by atoms with van der Waals surface area (Å²) in [6, 6.07) is 0.0659. The van der Waals surface area contributed by atoms with Crippen molar-refractivity contribution in [2.45, 2.75) is 57.5 Å². The molecule has 2 heterocycles. The van der Waals surface area contributed by atoms with Gasteiger partial charge in [-0.1, -0.05) is 6.92 Å². The van der Waals surface area contributed by atoms with Crippen LogP contribution in [0, 0.1) is 0 Å². The zero-order valence-electron chi connectivity index (χ0n) is 11.4. The monoisotopic (exact) mass is 271 g/mol. The highest BCUT2D eigenvalue weighted by atomic mass is 16.5. The first-order valence-corrected chi connectivity index (χ1v) is 6.83. The third-order valence-corrected chi connectivity index (χ3v) is 3.79. The number of morpholine rings is 1. The van der Waals surface area contributed by atoms with Crippen LogP contribution in [0.5, 0.6) is 0 Å². The molecular weight excluding hydrogens is 250 g/mol. The molecule has 0 radical (unpaired) electrons. The van der Waals surface area contributed by atoms with Crippen molar-refractivity contribution in [3.63, 3.8) is 0 Å². The summed E-state index contributed by atoms with van der Waals surface area (Å²) in [4.78, 5) is 25.1. The predicted octanol–water partition coefficient (Wildman–Crippen LogP) is 0.644. The predicted molar refractivity (Wildman–Crippen MR) is 66.7 cm³/mol. The Labute approximate surface area is 112 Å². The standard InChI is InChI=1S/C13H21NO5/c1-3-9-7-18-8(2)6-14(9)12(15)10-4-5-11(19-10)13(16)17/h8-11H,3-7H2,1-2H3,(H,16,17)/t8?,9?,10-,11+/m0/s1. The highest BCUT2D eigenvalue weighted by molar-refractivity contribution is 5.83. The number of carbonyl (C=O) groups is 2. The van der Waals surface area contributed by atoms with Crippen molar-refractivity contribution in [3.8, 4) is 0 Å². The van der Waals surface area contributed by atoms with Crippen LogP contribution in [0.4, 0.5) is 0 Å². The van der Waals surface area contributed by atoms with Crippen LogP contribution in [0.3, 0.4) is 0 Å². The van der Waals surface area contributed by atoms with Crippen LogP contribution in [-0.2, 0) is 19.1 Å². The first-order valence-electron chi connectivity index (χ1n) is 6.83. The Balaban J connectivity index is 2.00. The van der Waals surface area contributed by atoms with E-state index in [4.69, 9.17) is 14.6 Å². The Kier molecular flexibility index (Phi) is 4.42. The second-order valence-corrected chi connectivity index (χ2v) is 5.23. The van der Waals surface area contributed by atoms with E-state index in [1.165, 1.54) is 0 Å². The molecule has 1 N–H and O–H groups in total. The van der Waals surface area contributed by atoms with Gasteiger partial charge in [0.2, 0.25) is 0 Å². The second-order valence-electron chi connectivity index (χ2n) is 5.23. The van der Waals surface area contributed by atoms with E-state index in [9.17, 15) is 9.59 Å². The van der Waals surface area contributed by atoms with Crippen molar-refractivity contribution in [2.75, 3.05) is 13.2 Å². The maximum atomic E-state index is 12.4. The highest BCUT2D eigenvalue weighted by Gasteiger charge is 2.39. The summed E-state index contributed by atoms with van der Waals surface area (Å²) < 4.78 is 10.9. The van der Waals surface area contributed by atoms with E-state index in [1.54, 1.807) is 4.90 Å². The van der Waals surface area contributed by atoms with Crippen molar-refractivity contribution >= 4 is 11.9 Å². The van der Waals surface area contributed by atoms with E-state index >= 15 is 0 Å². The molecule has 19 heavy (non-hydrogen) atoms. The number of hydrogen-bond acceptors (Lipinski definition) is 4. The van der Waals surface area contributed by atoms with Gasteiger partial charge < -0.3 is 19.5 Å². The molecule has 1 amide bonds. The first-order chi connectivity index (χ1) is 9.02. The first kappa shape index (κ1) is 14.3. The number of carboxylic acid groups (broad SMARTS) is 1. The van der Waals surface area contributed by atoms with Crippen LogP contribution in [0.1, 0.15) is 33.1 Å². The third kappa shape index (κ3) is 3.06. The highest BCUT2D eigenvalue weighted by Crippen LogP contribution is 2.24. The summed E-state index contributed by atoms with van der Waals surface area (Å²) in [5.41, 5.74) is 0. The Hall–Kier alpha value is -1.14. The molecule has 0 aliphatic carbocycles. The molecule has 0 spiro atoms. The molecule has 0 aromatic heterocycles. The zero-order valence-corrected chi connectivity index (χ0v) is 11.4. The Morgan fingerprint density at radius 2 is 2.00 bits per heavy atom.